The maximum absolute atomic E-state index is 12.9. The van der Waals surface area contributed by atoms with Crippen LogP contribution in [0.25, 0.3) is 0 Å². The van der Waals surface area contributed by atoms with Crippen molar-refractivity contribution in [1.29, 1.82) is 0 Å². The Kier molecular flexibility index (Phi) is 9.79. The third-order valence-corrected chi connectivity index (χ3v) is 7.57. The van der Waals surface area contributed by atoms with Gasteiger partial charge in [0.1, 0.15) is 29.9 Å². The first-order chi connectivity index (χ1) is 19.6. The smallest absolute Gasteiger partial charge is 0.478 e. The molecule has 2 amide bonds. The van der Waals surface area contributed by atoms with Gasteiger partial charge in [0.2, 0.25) is 0 Å². The third kappa shape index (κ3) is 7.16. The molecule has 0 aliphatic carbocycles. The summed E-state index contributed by atoms with van der Waals surface area (Å²) in [6, 6.07) is 5.13. The molecule has 3 heterocycles. The molecule has 19 heteroatoms. The normalized spacial score (nSPS) is 18.2. The van der Waals surface area contributed by atoms with Gasteiger partial charge in [-0.1, -0.05) is 17.3 Å². The predicted octanol–water partition coefficient (Wildman–Crippen LogP) is 1.39. The first-order valence-electron chi connectivity index (χ1n) is 11.3. The molecule has 42 heavy (non-hydrogen) atoms. The van der Waals surface area contributed by atoms with E-state index in [9.17, 15) is 37.5 Å². The third-order valence-electron chi connectivity index (χ3n) is 5.56. The number of aromatic carboxylic acids is 1. The molecule has 0 unspecified atom stereocenters. The topological polar surface area (TPSA) is 222 Å². The molecule has 0 radical (unpaired) electrons. The summed E-state index contributed by atoms with van der Waals surface area (Å²) in [6.07, 6.45) is -4.85. The number of carbonyl (C=O) groups is 5. The fraction of sp³-hybridized carbons (Fsp3) is 0.261. The standard InChI is InChI=1S/C21H19N5O7S2.C2HF3O2/c1-33-25-13(12-8-35-21(22)23-12)16(27)24-14-17(28)26-15(20(31)32)11(7-34-18(14)26)6-9-2-4-10(5-3-9)19(29)30;3-2(4,5)1(6)7/h2-5,8,14,18H,6-7H2,1H3,(H2,22,23)(H,24,27)(H,29,30)(H,31,32);(H,6,7)/b25-13-;/t14-,18-;/m1./s1. The molecule has 2 aliphatic rings. The van der Waals surface area contributed by atoms with Crippen molar-refractivity contribution in [1.82, 2.24) is 15.2 Å². The molecule has 2 atom stereocenters. The largest absolute Gasteiger partial charge is 0.490 e. The Morgan fingerprint density at radius 3 is 2.26 bits per heavy atom. The number of nitrogens with one attached hydrogen (secondary N) is 1. The minimum Gasteiger partial charge on any atom is -0.478 e. The molecule has 0 bridgehead atoms. The molecule has 224 valence electrons. The van der Waals surface area contributed by atoms with E-state index in [0.29, 0.717) is 16.9 Å². The number of thiazole rings is 1. The van der Waals surface area contributed by atoms with Gasteiger partial charge in [0, 0.05) is 11.1 Å². The van der Waals surface area contributed by atoms with Crippen molar-refractivity contribution in [2.24, 2.45) is 5.16 Å². The maximum atomic E-state index is 12.9. The molecule has 0 saturated carbocycles. The van der Waals surface area contributed by atoms with Crippen molar-refractivity contribution in [3.8, 4) is 0 Å². The lowest BCUT2D eigenvalue weighted by Crippen LogP contribution is -2.71. The number of nitrogens with two attached hydrogens (primary N) is 1. The number of carboxylic acid groups (broad SMARTS) is 3. The van der Waals surface area contributed by atoms with E-state index in [0.717, 1.165) is 16.2 Å². The Hall–Kier alpha value is -4.65. The molecule has 1 fully saturated rings. The Labute approximate surface area is 241 Å². The van der Waals surface area contributed by atoms with Crippen LogP contribution in [0.4, 0.5) is 18.3 Å². The highest BCUT2D eigenvalue weighted by Gasteiger charge is 2.54. The van der Waals surface area contributed by atoms with Crippen LogP contribution in [0.5, 0.6) is 0 Å². The van der Waals surface area contributed by atoms with Crippen molar-refractivity contribution in [3.05, 3.63) is 57.7 Å². The van der Waals surface area contributed by atoms with Crippen molar-refractivity contribution >= 4 is 63.7 Å². The number of carboxylic acids is 3. The Bertz CT molecular complexity index is 1470. The summed E-state index contributed by atoms with van der Waals surface area (Å²) in [5.41, 5.74) is 6.86. The number of hydrogen-bond acceptors (Lipinski definition) is 11. The number of alkyl halides is 3. The van der Waals surface area contributed by atoms with Crippen LogP contribution in [0.3, 0.4) is 0 Å². The quantitative estimate of drug-likeness (QED) is 0.158. The second-order valence-electron chi connectivity index (χ2n) is 8.29. The number of aromatic nitrogens is 1. The number of rotatable bonds is 8. The van der Waals surface area contributed by atoms with Crippen molar-refractivity contribution < 1.29 is 57.3 Å². The van der Waals surface area contributed by atoms with Gasteiger partial charge in [-0.15, -0.1) is 23.1 Å². The number of nitrogen functional groups attached to an aromatic ring is 1. The van der Waals surface area contributed by atoms with E-state index in [-0.39, 0.29) is 34.2 Å². The van der Waals surface area contributed by atoms with Gasteiger partial charge in [0.25, 0.3) is 11.8 Å². The van der Waals surface area contributed by atoms with E-state index in [4.69, 9.17) is 25.6 Å². The Morgan fingerprint density at radius 1 is 1.17 bits per heavy atom. The molecule has 2 aliphatic heterocycles. The molecular weight excluding hydrogens is 611 g/mol. The molecule has 14 nitrogen and oxygen atoms in total. The zero-order valence-corrected chi connectivity index (χ0v) is 22.7. The van der Waals surface area contributed by atoms with Crippen LogP contribution in [0, 0.1) is 0 Å². The lowest BCUT2D eigenvalue weighted by atomic mass is 9.98. The zero-order chi connectivity index (χ0) is 31.4. The maximum Gasteiger partial charge on any atom is 0.490 e. The van der Waals surface area contributed by atoms with Gasteiger partial charge in [0.15, 0.2) is 10.8 Å². The summed E-state index contributed by atoms with van der Waals surface area (Å²) in [7, 11) is 1.26. The first kappa shape index (κ1) is 31.9. The molecule has 4 rings (SSSR count). The van der Waals surface area contributed by atoms with Crippen LogP contribution >= 0.6 is 23.1 Å². The number of fused-ring (bicyclic) bond motifs is 1. The number of carbonyl (C=O) groups excluding carboxylic acids is 2. The van der Waals surface area contributed by atoms with Gasteiger partial charge in [-0.25, -0.2) is 19.4 Å². The molecule has 1 aromatic carbocycles. The van der Waals surface area contributed by atoms with E-state index in [2.05, 4.69) is 15.5 Å². The molecule has 1 saturated heterocycles. The van der Waals surface area contributed by atoms with Crippen LogP contribution in [0.1, 0.15) is 21.6 Å². The second kappa shape index (κ2) is 12.9. The van der Waals surface area contributed by atoms with Crippen molar-refractivity contribution in [2.75, 3.05) is 18.6 Å². The van der Waals surface area contributed by atoms with Crippen LogP contribution in [-0.4, -0.2) is 91.1 Å². The van der Waals surface area contributed by atoms with E-state index in [1.807, 2.05) is 0 Å². The summed E-state index contributed by atoms with van der Waals surface area (Å²) in [5.74, 6) is -6.04. The number of oxime groups is 1. The lowest BCUT2D eigenvalue weighted by Gasteiger charge is -2.49. The lowest BCUT2D eigenvalue weighted by molar-refractivity contribution is -0.192. The fourth-order valence-corrected chi connectivity index (χ4v) is 5.63. The molecular formula is C23H20F3N5O9S2. The van der Waals surface area contributed by atoms with Crippen molar-refractivity contribution in [2.45, 2.75) is 24.0 Å². The number of benzene rings is 1. The number of aliphatic carboxylic acids is 2. The zero-order valence-electron chi connectivity index (χ0n) is 21.1. The molecule has 6 N–H and O–H groups in total. The first-order valence-corrected chi connectivity index (χ1v) is 13.2. The predicted molar refractivity (Wildman–Crippen MR) is 141 cm³/mol. The number of hydrogen-bond donors (Lipinski definition) is 5. The van der Waals surface area contributed by atoms with Gasteiger partial charge in [0.05, 0.1) is 5.56 Å². The number of amides is 2. The van der Waals surface area contributed by atoms with Crippen LogP contribution in [0.15, 0.2) is 46.1 Å². The average Bonchev–Trinajstić information content (AvgIpc) is 3.35. The summed E-state index contributed by atoms with van der Waals surface area (Å²) in [4.78, 5) is 67.6. The molecule has 0 spiro atoms. The van der Waals surface area contributed by atoms with Gasteiger partial charge in [-0.3, -0.25) is 14.5 Å². The van der Waals surface area contributed by atoms with E-state index < -0.39 is 47.3 Å². The van der Waals surface area contributed by atoms with E-state index in [1.54, 1.807) is 12.1 Å². The number of nitrogens with zero attached hydrogens (tertiary/aromatic N) is 3. The van der Waals surface area contributed by atoms with Gasteiger partial charge in [-0.05, 0) is 29.7 Å². The highest BCUT2D eigenvalue weighted by atomic mass is 32.2. The van der Waals surface area contributed by atoms with Crippen LogP contribution in [0.2, 0.25) is 0 Å². The molecule has 1 aromatic heterocycles. The molecule has 2 aromatic rings. The van der Waals surface area contributed by atoms with Crippen molar-refractivity contribution in [3.63, 3.8) is 0 Å². The SMILES string of the molecule is CO/N=C(\C(=O)N[C@@H]1C(=O)N2C(C(=O)O)=C(Cc3ccc(C(=O)O)cc3)CS[C@H]12)c1csc(N)n1.O=C(O)C(F)(F)F. The minimum atomic E-state index is -5.08. The van der Waals surface area contributed by atoms with Crippen LogP contribution in [-0.2, 0) is 30.4 Å². The monoisotopic (exact) mass is 631 g/mol. The Balaban J connectivity index is 0.000000616. The average molecular weight is 632 g/mol. The van der Waals surface area contributed by atoms with Gasteiger partial charge < -0.3 is 31.2 Å². The number of β-lactam (4-membered cyclic amide) rings is 1. The second-order valence-corrected chi connectivity index (χ2v) is 10.3. The minimum absolute atomic E-state index is 0.118. The van der Waals surface area contributed by atoms with E-state index >= 15 is 0 Å². The van der Waals surface area contributed by atoms with Gasteiger partial charge in [-0.2, -0.15) is 13.2 Å². The summed E-state index contributed by atoms with van der Waals surface area (Å²) < 4.78 is 31.7. The summed E-state index contributed by atoms with van der Waals surface area (Å²) >= 11 is 2.43. The Morgan fingerprint density at radius 2 is 1.79 bits per heavy atom. The fourth-order valence-electron chi connectivity index (χ4n) is 3.73. The highest BCUT2D eigenvalue weighted by Crippen LogP contribution is 2.41. The number of halogens is 3. The van der Waals surface area contributed by atoms with Gasteiger partial charge >= 0.3 is 24.1 Å². The number of anilines is 1. The summed E-state index contributed by atoms with van der Waals surface area (Å²) in [5, 5.41) is 33.4. The number of thioether (sulfide) groups is 1. The summed E-state index contributed by atoms with van der Waals surface area (Å²) in [6.45, 7) is 0. The van der Waals surface area contributed by atoms with Crippen LogP contribution < -0.4 is 11.1 Å². The van der Waals surface area contributed by atoms with E-state index in [1.165, 1.54) is 36.4 Å². The highest BCUT2D eigenvalue weighted by molar-refractivity contribution is 8.00.